The highest BCUT2D eigenvalue weighted by Gasteiger charge is 2.41. The van der Waals surface area contributed by atoms with Gasteiger partial charge >= 0.3 is 0 Å². The van der Waals surface area contributed by atoms with E-state index in [0.717, 1.165) is 5.69 Å². The van der Waals surface area contributed by atoms with Crippen molar-refractivity contribution in [1.29, 1.82) is 0 Å². The van der Waals surface area contributed by atoms with Crippen molar-refractivity contribution in [3.05, 3.63) is 65.9 Å². The summed E-state index contributed by atoms with van der Waals surface area (Å²) >= 11 is 0. The summed E-state index contributed by atoms with van der Waals surface area (Å²) in [5, 5.41) is 0. The van der Waals surface area contributed by atoms with Crippen molar-refractivity contribution in [2.45, 2.75) is 26.4 Å². The predicted octanol–water partition coefficient (Wildman–Crippen LogP) is 3.73. The molecular formula is C24H28N2O4. The smallest absolute Gasteiger partial charge is 0.278 e. The van der Waals surface area contributed by atoms with Gasteiger partial charge in [-0.3, -0.25) is 14.5 Å². The fourth-order valence-electron chi connectivity index (χ4n) is 3.49. The lowest BCUT2D eigenvalue weighted by Gasteiger charge is -2.21. The van der Waals surface area contributed by atoms with Gasteiger partial charge in [0.1, 0.15) is 11.4 Å². The third-order valence-electron chi connectivity index (χ3n) is 4.98. The lowest BCUT2D eigenvalue weighted by atomic mass is 10.0. The molecule has 2 aromatic carbocycles. The molecule has 6 nitrogen and oxygen atoms in total. The van der Waals surface area contributed by atoms with Gasteiger partial charge < -0.3 is 14.4 Å². The molecule has 3 rings (SSSR count). The van der Waals surface area contributed by atoms with Crippen LogP contribution in [-0.2, 0) is 14.3 Å². The monoisotopic (exact) mass is 408 g/mol. The van der Waals surface area contributed by atoms with Crippen LogP contribution in [0.1, 0.15) is 25.8 Å². The molecule has 2 amide bonds. The van der Waals surface area contributed by atoms with E-state index in [4.69, 9.17) is 9.47 Å². The highest BCUT2D eigenvalue weighted by molar-refractivity contribution is 6.37. The number of amides is 2. The zero-order chi connectivity index (χ0) is 21.7. The van der Waals surface area contributed by atoms with Gasteiger partial charge in [0.2, 0.25) is 0 Å². The lowest BCUT2D eigenvalue weighted by molar-refractivity contribution is -0.137. The third kappa shape index (κ3) is 4.39. The van der Waals surface area contributed by atoms with Crippen LogP contribution in [0.2, 0.25) is 0 Å². The number of ether oxygens (including phenoxy) is 2. The minimum Gasteiger partial charge on any atom is -0.496 e. The SMILES string of the molecule is COc1ccccc1C1=C(N(C)c2ccccc2)C(=O)N(CCCOC(C)C)C1=O. The van der Waals surface area contributed by atoms with E-state index in [2.05, 4.69) is 0 Å². The number of carbonyl (C=O) groups excluding carboxylic acids is 2. The largest absolute Gasteiger partial charge is 0.496 e. The maximum atomic E-state index is 13.4. The van der Waals surface area contributed by atoms with Crippen molar-refractivity contribution in [2.24, 2.45) is 0 Å². The molecule has 6 heteroatoms. The first kappa shape index (κ1) is 21.6. The van der Waals surface area contributed by atoms with Crippen LogP contribution < -0.4 is 9.64 Å². The van der Waals surface area contributed by atoms with E-state index in [-0.39, 0.29) is 17.9 Å². The molecule has 0 fully saturated rings. The highest BCUT2D eigenvalue weighted by atomic mass is 16.5. The van der Waals surface area contributed by atoms with Crippen molar-refractivity contribution in [3.63, 3.8) is 0 Å². The lowest BCUT2D eigenvalue weighted by Crippen LogP contribution is -2.35. The van der Waals surface area contributed by atoms with Crippen molar-refractivity contribution in [1.82, 2.24) is 4.90 Å². The van der Waals surface area contributed by atoms with Gasteiger partial charge in [0.05, 0.1) is 18.8 Å². The summed E-state index contributed by atoms with van der Waals surface area (Å²) in [5.74, 6) is -0.0683. The average Bonchev–Trinajstić information content (AvgIpc) is 3.00. The van der Waals surface area contributed by atoms with E-state index < -0.39 is 0 Å². The standard InChI is InChI=1S/C24H28N2O4/c1-17(2)30-16-10-15-26-23(27)21(19-13-8-9-14-20(19)29-4)22(24(26)28)25(3)18-11-6-5-7-12-18/h5-9,11-14,17H,10,15-16H2,1-4H3. The quantitative estimate of drug-likeness (QED) is 0.467. The second-order valence-electron chi connectivity index (χ2n) is 7.35. The van der Waals surface area contributed by atoms with Crippen molar-refractivity contribution >= 4 is 23.1 Å². The highest BCUT2D eigenvalue weighted by Crippen LogP contribution is 2.37. The first-order valence-electron chi connectivity index (χ1n) is 10.1. The zero-order valence-corrected chi connectivity index (χ0v) is 17.9. The molecule has 0 aromatic heterocycles. The molecule has 0 radical (unpaired) electrons. The van der Waals surface area contributed by atoms with E-state index in [1.807, 2.05) is 62.4 Å². The topological polar surface area (TPSA) is 59.1 Å². The van der Waals surface area contributed by atoms with Crippen LogP contribution in [0, 0.1) is 0 Å². The van der Waals surface area contributed by atoms with Gasteiger partial charge in [-0.05, 0) is 38.5 Å². The maximum absolute atomic E-state index is 13.4. The van der Waals surface area contributed by atoms with Crippen molar-refractivity contribution in [3.8, 4) is 5.75 Å². The summed E-state index contributed by atoms with van der Waals surface area (Å²) < 4.78 is 11.1. The Hall–Kier alpha value is -3.12. The Kier molecular flexibility index (Phi) is 6.90. The number of hydrogen-bond donors (Lipinski definition) is 0. The van der Waals surface area contributed by atoms with Crippen LogP contribution in [0.3, 0.4) is 0 Å². The Bertz CT molecular complexity index is 937. The molecule has 0 saturated heterocycles. The number of hydrogen-bond acceptors (Lipinski definition) is 5. The fraction of sp³-hybridized carbons (Fsp3) is 0.333. The first-order valence-corrected chi connectivity index (χ1v) is 10.1. The van der Waals surface area contributed by atoms with E-state index in [0.29, 0.717) is 42.2 Å². The second-order valence-corrected chi connectivity index (χ2v) is 7.35. The van der Waals surface area contributed by atoms with Crippen LogP contribution in [-0.4, -0.2) is 50.1 Å². The number of likely N-dealkylation sites (N-methyl/N-ethyl adjacent to an activating group) is 1. The predicted molar refractivity (Wildman–Crippen MR) is 117 cm³/mol. The summed E-state index contributed by atoms with van der Waals surface area (Å²) in [6, 6.07) is 16.8. The van der Waals surface area contributed by atoms with Crippen molar-refractivity contribution in [2.75, 3.05) is 32.2 Å². The molecule has 0 N–H and O–H groups in total. The first-order chi connectivity index (χ1) is 14.5. The molecule has 0 aliphatic carbocycles. The number of anilines is 1. The molecule has 0 atom stereocenters. The molecule has 2 aromatic rings. The molecule has 0 unspecified atom stereocenters. The normalized spacial score (nSPS) is 14.1. The van der Waals surface area contributed by atoms with Crippen LogP contribution in [0.5, 0.6) is 5.75 Å². The van der Waals surface area contributed by atoms with Crippen molar-refractivity contribution < 1.29 is 19.1 Å². The molecule has 0 saturated carbocycles. The summed E-state index contributed by atoms with van der Waals surface area (Å²) in [6.07, 6.45) is 0.689. The number of imide groups is 1. The van der Waals surface area contributed by atoms with E-state index in [1.165, 1.54) is 4.90 Å². The molecule has 1 aliphatic heterocycles. The number of methoxy groups -OCH3 is 1. The molecule has 1 heterocycles. The third-order valence-corrected chi connectivity index (χ3v) is 4.98. The number of benzene rings is 2. The molecular weight excluding hydrogens is 380 g/mol. The summed E-state index contributed by atoms with van der Waals surface area (Å²) in [4.78, 5) is 29.8. The molecule has 0 bridgehead atoms. The Morgan fingerprint density at radius 2 is 1.63 bits per heavy atom. The van der Waals surface area contributed by atoms with Crippen LogP contribution >= 0.6 is 0 Å². The van der Waals surface area contributed by atoms with Gasteiger partial charge in [-0.1, -0.05) is 36.4 Å². The van der Waals surface area contributed by atoms with E-state index in [1.54, 1.807) is 25.1 Å². The summed E-state index contributed by atoms with van der Waals surface area (Å²) in [5.41, 5.74) is 2.14. The summed E-state index contributed by atoms with van der Waals surface area (Å²) in [6.45, 7) is 4.71. The Morgan fingerprint density at radius 1 is 0.967 bits per heavy atom. The second kappa shape index (κ2) is 9.59. The van der Waals surface area contributed by atoms with Gasteiger partial charge in [-0.2, -0.15) is 0 Å². The Balaban J connectivity index is 2.00. The number of carbonyl (C=O) groups is 2. The average molecular weight is 408 g/mol. The molecule has 30 heavy (non-hydrogen) atoms. The molecule has 158 valence electrons. The van der Waals surface area contributed by atoms with E-state index in [9.17, 15) is 9.59 Å². The van der Waals surface area contributed by atoms with Gasteiger partial charge in [0.15, 0.2) is 0 Å². The molecule has 1 aliphatic rings. The number of rotatable bonds is 9. The Morgan fingerprint density at radius 3 is 2.30 bits per heavy atom. The van der Waals surface area contributed by atoms with E-state index >= 15 is 0 Å². The van der Waals surface area contributed by atoms with Crippen LogP contribution in [0.4, 0.5) is 5.69 Å². The minimum atomic E-state index is -0.313. The van der Waals surface area contributed by atoms with Gasteiger partial charge in [0.25, 0.3) is 11.8 Å². The summed E-state index contributed by atoms with van der Waals surface area (Å²) in [7, 11) is 3.36. The number of nitrogens with zero attached hydrogens (tertiary/aromatic N) is 2. The maximum Gasteiger partial charge on any atom is 0.278 e. The van der Waals surface area contributed by atoms with Gasteiger partial charge in [-0.15, -0.1) is 0 Å². The van der Waals surface area contributed by atoms with Crippen LogP contribution in [0.25, 0.3) is 5.57 Å². The zero-order valence-electron chi connectivity index (χ0n) is 17.9. The van der Waals surface area contributed by atoms with Gasteiger partial charge in [-0.25, -0.2) is 0 Å². The fourth-order valence-corrected chi connectivity index (χ4v) is 3.49. The van der Waals surface area contributed by atoms with Crippen LogP contribution in [0.15, 0.2) is 60.3 Å². The minimum absolute atomic E-state index is 0.108. The molecule has 0 spiro atoms. The Labute approximate surface area is 177 Å². The van der Waals surface area contributed by atoms with Gasteiger partial charge in [0, 0.05) is 31.5 Å². The number of para-hydroxylation sites is 2.